The Labute approximate surface area is 72.6 Å². The van der Waals surface area contributed by atoms with Gasteiger partial charge in [0.1, 0.15) is 0 Å². The summed E-state index contributed by atoms with van der Waals surface area (Å²) in [5, 5.41) is 26.5. The van der Waals surface area contributed by atoms with E-state index in [-0.39, 0.29) is 6.42 Å². The summed E-state index contributed by atoms with van der Waals surface area (Å²) in [5.41, 5.74) is -0.452. The summed E-state index contributed by atoms with van der Waals surface area (Å²) >= 11 is 0. The number of hydrogen-bond donors (Lipinski definition) is 2. The highest BCUT2D eigenvalue weighted by atomic mass is 16.5. The fourth-order valence-corrected chi connectivity index (χ4v) is 1.94. The van der Waals surface area contributed by atoms with Crippen molar-refractivity contribution in [3.05, 3.63) is 0 Å². The van der Waals surface area contributed by atoms with Gasteiger partial charge in [-0.05, 0) is 12.8 Å². The van der Waals surface area contributed by atoms with Crippen LogP contribution in [0.25, 0.3) is 0 Å². The molecule has 68 valence electrons. The molecule has 0 atom stereocenters. The standard InChI is InChI=1S/C9H15NO2/c10-7-9(6-8(11)12)4-2-1-3-5-9/h8,11-12H,1-6H2. The van der Waals surface area contributed by atoms with Gasteiger partial charge in [0.25, 0.3) is 0 Å². The van der Waals surface area contributed by atoms with E-state index in [2.05, 4.69) is 6.07 Å². The molecule has 0 saturated heterocycles. The van der Waals surface area contributed by atoms with Crippen LogP contribution in [0.5, 0.6) is 0 Å². The molecule has 0 aliphatic heterocycles. The molecule has 0 spiro atoms. The highest BCUT2D eigenvalue weighted by Crippen LogP contribution is 2.39. The molecule has 0 unspecified atom stereocenters. The monoisotopic (exact) mass is 169 g/mol. The fourth-order valence-electron chi connectivity index (χ4n) is 1.94. The van der Waals surface area contributed by atoms with Gasteiger partial charge in [-0.15, -0.1) is 0 Å². The highest BCUT2D eigenvalue weighted by Gasteiger charge is 2.33. The van der Waals surface area contributed by atoms with Gasteiger partial charge in [0.15, 0.2) is 6.29 Å². The Morgan fingerprint density at radius 2 is 1.83 bits per heavy atom. The third-order valence-corrected chi connectivity index (χ3v) is 2.62. The minimum Gasteiger partial charge on any atom is -0.368 e. The van der Waals surface area contributed by atoms with Crippen LogP contribution in [0.4, 0.5) is 0 Å². The van der Waals surface area contributed by atoms with Gasteiger partial charge in [-0.2, -0.15) is 5.26 Å². The number of aliphatic hydroxyl groups excluding tert-OH is 1. The molecule has 0 amide bonds. The number of rotatable bonds is 2. The Kier molecular flexibility index (Phi) is 3.07. The van der Waals surface area contributed by atoms with Gasteiger partial charge < -0.3 is 10.2 Å². The summed E-state index contributed by atoms with van der Waals surface area (Å²) in [6.07, 6.45) is 3.78. The van der Waals surface area contributed by atoms with Crippen LogP contribution in [-0.4, -0.2) is 16.5 Å². The third kappa shape index (κ3) is 2.20. The van der Waals surface area contributed by atoms with Crippen molar-refractivity contribution >= 4 is 0 Å². The molecular formula is C9H15NO2. The first-order valence-corrected chi connectivity index (χ1v) is 4.46. The Balaban J connectivity index is 2.55. The highest BCUT2D eigenvalue weighted by molar-refractivity contribution is 5.00. The number of nitriles is 1. The van der Waals surface area contributed by atoms with Crippen molar-refractivity contribution in [2.75, 3.05) is 0 Å². The lowest BCUT2D eigenvalue weighted by atomic mass is 9.73. The molecule has 3 heteroatoms. The molecule has 1 aliphatic carbocycles. The summed E-state index contributed by atoms with van der Waals surface area (Å²) in [4.78, 5) is 0. The van der Waals surface area contributed by atoms with Crippen LogP contribution in [0.15, 0.2) is 0 Å². The molecule has 1 saturated carbocycles. The quantitative estimate of drug-likeness (QED) is 0.610. The van der Waals surface area contributed by atoms with Crippen LogP contribution in [-0.2, 0) is 0 Å². The van der Waals surface area contributed by atoms with E-state index < -0.39 is 11.7 Å². The van der Waals surface area contributed by atoms with E-state index in [0.717, 1.165) is 25.7 Å². The number of nitrogens with zero attached hydrogens (tertiary/aromatic N) is 1. The first kappa shape index (κ1) is 9.50. The molecule has 0 bridgehead atoms. The predicted molar refractivity (Wildman–Crippen MR) is 44.0 cm³/mol. The van der Waals surface area contributed by atoms with Gasteiger partial charge in [-0.3, -0.25) is 0 Å². The molecule has 12 heavy (non-hydrogen) atoms. The lowest BCUT2D eigenvalue weighted by molar-refractivity contribution is -0.0690. The van der Waals surface area contributed by atoms with Crippen LogP contribution in [0, 0.1) is 16.7 Å². The van der Waals surface area contributed by atoms with E-state index >= 15 is 0 Å². The van der Waals surface area contributed by atoms with Crippen molar-refractivity contribution < 1.29 is 10.2 Å². The summed E-state index contributed by atoms with van der Waals surface area (Å²) in [6.45, 7) is 0. The Morgan fingerprint density at radius 3 is 2.25 bits per heavy atom. The van der Waals surface area contributed by atoms with Crippen molar-refractivity contribution in [1.29, 1.82) is 5.26 Å². The van der Waals surface area contributed by atoms with Crippen LogP contribution < -0.4 is 0 Å². The maximum absolute atomic E-state index is 8.92. The second-order valence-electron chi connectivity index (χ2n) is 3.64. The number of aliphatic hydroxyl groups is 2. The van der Waals surface area contributed by atoms with E-state index in [1.807, 2.05) is 0 Å². The third-order valence-electron chi connectivity index (χ3n) is 2.62. The zero-order valence-corrected chi connectivity index (χ0v) is 7.16. The molecule has 2 N–H and O–H groups in total. The average Bonchev–Trinajstić information content (AvgIpc) is 2.05. The lowest BCUT2D eigenvalue weighted by Crippen LogP contribution is -2.27. The van der Waals surface area contributed by atoms with Crippen molar-refractivity contribution in [3.63, 3.8) is 0 Å². The van der Waals surface area contributed by atoms with E-state index in [4.69, 9.17) is 15.5 Å². The average molecular weight is 169 g/mol. The van der Waals surface area contributed by atoms with Crippen LogP contribution >= 0.6 is 0 Å². The zero-order valence-electron chi connectivity index (χ0n) is 7.16. The van der Waals surface area contributed by atoms with Gasteiger partial charge in [-0.25, -0.2) is 0 Å². The smallest absolute Gasteiger partial charge is 0.152 e. The minimum atomic E-state index is -1.33. The van der Waals surface area contributed by atoms with Gasteiger partial charge in [0, 0.05) is 6.42 Å². The molecule has 0 radical (unpaired) electrons. The van der Waals surface area contributed by atoms with Crippen molar-refractivity contribution in [2.24, 2.45) is 5.41 Å². The first-order chi connectivity index (χ1) is 5.68. The fraction of sp³-hybridized carbons (Fsp3) is 0.889. The minimum absolute atomic E-state index is 0.212. The molecule has 1 fully saturated rings. The second-order valence-corrected chi connectivity index (χ2v) is 3.64. The molecule has 1 rings (SSSR count). The molecule has 1 aliphatic rings. The Morgan fingerprint density at radius 1 is 1.25 bits per heavy atom. The van der Waals surface area contributed by atoms with E-state index in [9.17, 15) is 0 Å². The van der Waals surface area contributed by atoms with Gasteiger partial charge >= 0.3 is 0 Å². The maximum Gasteiger partial charge on any atom is 0.152 e. The maximum atomic E-state index is 8.92. The van der Waals surface area contributed by atoms with Gasteiger partial charge in [0.2, 0.25) is 0 Å². The van der Waals surface area contributed by atoms with E-state index in [1.54, 1.807) is 0 Å². The molecule has 0 aromatic carbocycles. The summed E-state index contributed by atoms with van der Waals surface area (Å²) < 4.78 is 0. The van der Waals surface area contributed by atoms with Gasteiger partial charge in [-0.1, -0.05) is 19.3 Å². The number of hydrogen-bond acceptors (Lipinski definition) is 3. The zero-order chi connectivity index (χ0) is 9.03. The SMILES string of the molecule is N#CC1(CC(O)O)CCCCC1. The Bertz CT molecular complexity index is 177. The van der Waals surface area contributed by atoms with Crippen molar-refractivity contribution in [2.45, 2.75) is 44.8 Å². The first-order valence-electron chi connectivity index (χ1n) is 4.46. The molecule has 3 nitrogen and oxygen atoms in total. The summed E-state index contributed by atoms with van der Waals surface area (Å²) in [5.74, 6) is 0. The largest absolute Gasteiger partial charge is 0.368 e. The van der Waals surface area contributed by atoms with Crippen molar-refractivity contribution in [1.82, 2.24) is 0 Å². The topological polar surface area (TPSA) is 64.2 Å². The predicted octanol–water partition coefficient (Wildman–Crippen LogP) is 1.16. The normalized spacial score (nSPS) is 22.2. The van der Waals surface area contributed by atoms with Crippen LogP contribution in [0.3, 0.4) is 0 Å². The second kappa shape index (κ2) is 3.88. The van der Waals surface area contributed by atoms with Crippen LogP contribution in [0.1, 0.15) is 38.5 Å². The van der Waals surface area contributed by atoms with E-state index in [1.165, 1.54) is 6.42 Å². The summed E-state index contributed by atoms with van der Waals surface area (Å²) in [6, 6.07) is 2.23. The van der Waals surface area contributed by atoms with Gasteiger partial charge in [0.05, 0.1) is 11.5 Å². The van der Waals surface area contributed by atoms with Crippen LogP contribution in [0.2, 0.25) is 0 Å². The molecule has 0 aromatic heterocycles. The molecule has 0 heterocycles. The molecular weight excluding hydrogens is 154 g/mol. The van der Waals surface area contributed by atoms with Crippen molar-refractivity contribution in [3.8, 4) is 6.07 Å². The lowest BCUT2D eigenvalue weighted by Gasteiger charge is -2.30. The summed E-state index contributed by atoms with van der Waals surface area (Å²) in [7, 11) is 0. The molecule has 0 aromatic rings. The van der Waals surface area contributed by atoms with E-state index in [0.29, 0.717) is 0 Å². The Hall–Kier alpha value is -0.590.